The van der Waals surface area contributed by atoms with E-state index in [0.29, 0.717) is 5.56 Å². The molecule has 0 amide bonds. The van der Waals surface area contributed by atoms with Crippen molar-refractivity contribution in [3.05, 3.63) is 29.3 Å². The Labute approximate surface area is 109 Å². The van der Waals surface area contributed by atoms with E-state index < -0.39 is 0 Å². The lowest BCUT2D eigenvalue weighted by molar-refractivity contribution is 0.100. The Hall–Kier alpha value is -1.31. The van der Waals surface area contributed by atoms with Crippen LogP contribution in [0.3, 0.4) is 0 Å². The van der Waals surface area contributed by atoms with Gasteiger partial charge in [-0.05, 0) is 57.2 Å². The second-order valence-electron chi connectivity index (χ2n) is 5.29. The van der Waals surface area contributed by atoms with Gasteiger partial charge in [0, 0.05) is 0 Å². The summed E-state index contributed by atoms with van der Waals surface area (Å²) < 4.78 is 6.09. The maximum Gasteiger partial charge on any atom is 0.163 e. The molecular weight excluding hydrogens is 224 g/mol. The van der Waals surface area contributed by atoms with Crippen molar-refractivity contribution in [2.45, 2.75) is 58.5 Å². The monoisotopic (exact) mass is 246 g/mol. The van der Waals surface area contributed by atoms with E-state index in [2.05, 4.69) is 0 Å². The molecule has 0 saturated heterocycles. The minimum atomic E-state index is 0.0821. The van der Waals surface area contributed by atoms with Crippen molar-refractivity contribution in [1.82, 2.24) is 0 Å². The van der Waals surface area contributed by atoms with Crippen molar-refractivity contribution in [1.29, 1.82) is 0 Å². The summed E-state index contributed by atoms with van der Waals surface area (Å²) in [6.07, 6.45) is 7.63. The molecule has 1 aliphatic rings. The Bertz CT molecular complexity index is 415. The van der Waals surface area contributed by atoms with Crippen LogP contribution in [0, 0.1) is 6.92 Å². The summed E-state index contributed by atoms with van der Waals surface area (Å²) in [5.74, 6) is 0.855. The van der Waals surface area contributed by atoms with Gasteiger partial charge in [0.05, 0.1) is 11.7 Å². The molecule has 0 atom stereocenters. The molecule has 0 radical (unpaired) electrons. The van der Waals surface area contributed by atoms with E-state index >= 15 is 0 Å². The van der Waals surface area contributed by atoms with Crippen molar-refractivity contribution in [2.24, 2.45) is 0 Å². The van der Waals surface area contributed by atoms with Crippen LogP contribution < -0.4 is 4.74 Å². The van der Waals surface area contributed by atoms with Gasteiger partial charge in [-0.1, -0.05) is 18.9 Å². The van der Waals surface area contributed by atoms with E-state index in [-0.39, 0.29) is 11.9 Å². The van der Waals surface area contributed by atoms with Crippen LogP contribution in [0.25, 0.3) is 0 Å². The standard InChI is InChI=1S/C16H22O2/c1-12-9-10-15(13(2)17)16(11-12)18-14-7-5-3-4-6-8-14/h9-11,14H,3-8H2,1-2H3. The zero-order valence-corrected chi connectivity index (χ0v) is 11.4. The predicted molar refractivity (Wildman–Crippen MR) is 73.3 cm³/mol. The van der Waals surface area contributed by atoms with Crippen LogP contribution in [0.15, 0.2) is 18.2 Å². The number of benzene rings is 1. The van der Waals surface area contributed by atoms with Gasteiger partial charge in [-0.3, -0.25) is 4.79 Å². The molecule has 2 rings (SSSR count). The number of ketones is 1. The highest BCUT2D eigenvalue weighted by atomic mass is 16.5. The largest absolute Gasteiger partial charge is 0.490 e. The van der Waals surface area contributed by atoms with Gasteiger partial charge < -0.3 is 4.74 Å². The lowest BCUT2D eigenvalue weighted by atomic mass is 10.1. The molecule has 1 aromatic rings. The van der Waals surface area contributed by atoms with Gasteiger partial charge in [-0.15, -0.1) is 0 Å². The molecule has 0 N–H and O–H groups in total. The van der Waals surface area contributed by atoms with Crippen molar-refractivity contribution < 1.29 is 9.53 Å². The lowest BCUT2D eigenvalue weighted by Gasteiger charge is -2.19. The highest BCUT2D eigenvalue weighted by molar-refractivity contribution is 5.96. The Morgan fingerprint density at radius 1 is 1.17 bits per heavy atom. The van der Waals surface area contributed by atoms with E-state index in [1.165, 1.54) is 25.7 Å². The number of carbonyl (C=O) groups excluding carboxylic acids is 1. The third-order valence-corrected chi connectivity index (χ3v) is 3.61. The molecule has 1 aliphatic carbocycles. The summed E-state index contributed by atoms with van der Waals surface area (Å²) >= 11 is 0. The molecule has 18 heavy (non-hydrogen) atoms. The molecule has 0 aliphatic heterocycles. The third-order valence-electron chi connectivity index (χ3n) is 3.61. The van der Waals surface area contributed by atoms with Gasteiger partial charge in [0.1, 0.15) is 5.75 Å². The minimum absolute atomic E-state index is 0.0821. The number of hydrogen-bond acceptors (Lipinski definition) is 2. The first-order chi connectivity index (χ1) is 8.66. The van der Waals surface area contributed by atoms with Crippen LogP contribution in [0.1, 0.15) is 61.4 Å². The van der Waals surface area contributed by atoms with Crippen molar-refractivity contribution in [3.63, 3.8) is 0 Å². The highest BCUT2D eigenvalue weighted by Crippen LogP contribution is 2.26. The van der Waals surface area contributed by atoms with Crippen LogP contribution in [0.4, 0.5) is 0 Å². The molecule has 2 nitrogen and oxygen atoms in total. The maximum atomic E-state index is 11.6. The molecular formula is C16H22O2. The molecule has 1 fully saturated rings. The summed E-state index contributed by atoms with van der Waals surface area (Å²) in [7, 11) is 0. The van der Waals surface area contributed by atoms with E-state index in [1.807, 2.05) is 25.1 Å². The second-order valence-corrected chi connectivity index (χ2v) is 5.29. The van der Waals surface area contributed by atoms with E-state index in [9.17, 15) is 4.79 Å². The Morgan fingerprint density at radius 3 is 2.44 bits per heavy atom. The van der Waals surface area contributed by atoms with E-state index in [1.54, 1.807) is 6.92 Å². The molecule has 98 valence electrons. The number of carbonyl (C=O) groups is 1. The van der Waals surface area contributed by atoms with Gasteiger partial charge in [-0.25, -0.2) is 0 Å². The Kier molecular flexibility index (Phi) is 4.40. The molecule has 0 spiro atoms. The molecule has 1 saturated carbocycles. The first-order valence-corrected chi connectivity index (χ1v) is 6.95. The molecule has 0 heterocycles. The number of Topliss-reactive ketones (excluding diaryl/α,β-unsaturated/α-hetero) is 1. The van der Waals surface area contributed by atoms with Crippen molar-refractivity contribution in [3.8, 4) is 5.75 Å². The predicted octanol–water partition coefficient (Wildman–Crippen LogP) is 4.30. The normalized spacial score (nSPS) is 17.2. The van der Waals surface area contributed by atoms with Crippen LogP contribution in [0.2, 0.25) is 0 Å². The fourth-order valence-electron chi connectivity index (χ4n) is 2.56. The van der Waals surface area contributed by atoms with Crippen LogP contribution in [-0.2, 0) is 0 Å². The molecule has 0 bridgehead atoms. The quantitative estimate of drug-likeness (QED) is 0.587. The summed E-state index contributed by atoms with van der Waals surface area (Å²) in [6.45, 7) is 3.63. The van der Waals surface area contributed by atoms with Gasteiger partial charge >= 0.3 is 0 Å². The van der Waals surface area contributed by atoms with Crippen LogP contribution >= 0.6 is 0 Å². The van der Waals surface area contributed by atoms with Crippen LogP contribution in [-0.4, -0.2) is 11.9 Å². The molecule has 0 unspecified atom stereocenters. The average Bonchev–Trinajstić information content (AvgIpc) is 2.57. The number of hydrogen-bond donors (Lipinski definition) is 0. The maximum absolute atomic E-state index is 11.6. The number of ether oxygens (including phenoxy) is 1. The smallest absolute Gasteiger partial charge is 0.163 e. The summed E-state index contributed by atoms with van der Waals surface area (Å²) in [5, 5.41) is 0. The molecule has 0 aromatic heterocycles. The Balaban J connectivity index is 2.15. The summed E-state index contributed by atoms with van der Waals surface area (Å²) in [5.41, 5.74) is 1.86. The zero-order valence-electron chi connectivity index (χ0n) is 11.4. The van der Waals surface area contributed by atoms with Gasteiger partial charge in [0.2, 0.25) is 0 Å². The van der Waals surface area contributed by atoms with Gasteiger partial charge in [0.25, 0.3) is 0 Å². The number of aryl methyl sites for hydroxylation is 1. The van der Waals surface area contributed by atoms with Crippen LogP contribution in [0.5, 0.6) is 5.75 Å². The fourth-order valence-corrected chi connectivity index (χ4v) is 2.56. The average molecular weight is 246 g/mol. The second kappa shape index (κ2) is 6.03. The summed E-state index contributed by atoms with van der Waals surface area (Å²) in [4.78, 5) is 11.6. The van der Waals surface area contributed by atoms with Crippen molar-refractivity contribution in [2.75, 3.05) is 0 Å². The zero-order chi connectivity index (χ0) is 13.0. The molecule has 2 heteroatoms. The van der Waals surface area contributed by atoms with E-state index in [0.717, 1.165) is 24.2 Å². The minimum Gasteiger partial charge on any atom is -0.490 e. The lowest BCUT2D eigenvalue weighted by Crippen LogP contribution is -2.16. The SMILES string of the molecule is CC(=O)c1ccc(C)cc1OC1CCCCCC1. The first-order valence-electron chi connectivity index (χ1n) is 6.95. The van der Waals surface area contributed by atoms with Gasteiger partial charge in [0.15, 0.2) is 5.78 Å². The highest BCUT2D eigenvalue weighted by Gasteiger charge is 2.16. The fraction of sp³-hybridized carbons (Fsp3) is 0.562. The Morgan fingerprint density at radius 2 is 1.83 bits per heavy atom. The number of rotatable bonds is 3. The first kappa shape index (κ1) is 13.1. The topological polar surface area (TPSA) is 26.3 Å². The van der Waals surface area contributed by atoms with E-state index in [4.69, 9.17) is 4.74 Å². The van der Waals surface area contributed by atoms with Gasteiger partial charge in [-0.2, -0.15) is 0 Å². The van der Waals surface area contributed by atoms with Crippen molar-refractivity contribution >= 4 is 5.78 Å². The summed E-state index contributed by atoms with van der Waals surface area (Å²) in [6, 6.07) is 5.84. The molecule has 1 aromatic carbocycles. The third kappa shape index (κ3) is 3.34.